The van der Waals surface area contributed by atoms with Gasteiger partial charge in [-0.15, -0.1) is 0 Å². The summed E-state index contributed by atoms with van der Waals surface area (Å²) in [4.78, 5) is 28.1. The number of nitrogens with zero attached hydrogens (tertiary/aromatic N) is 1. The summed E-state index contributed by atoms with van der Waals surface area (Å²) >= 11 is -1.48. The van der Waals surface area contributed by atoms with Crippen molar-refractivity contribution in [3.63, 3.8) is 0 Å². The minimum atomic E-state index is -1.48. The van der Waals surface area contributed by atoms with Crippen LogP contribution in [-0.2, 0) is 4.79 Å². The number of aliphatic carboxylic acids is 1. The number of halogens is 1. The molecule has 96 valence electrons. The van der Waals surface area contributed by atoms with Crippen LogP contribution in [0.3, 0.4) is 0 Å². The van der Waals surface area contributed by atoms with Crippen molar-refractivity contribution in [1.29, 1.82) is 0 Å². The van der Waals surface area contributed by atoms with E-state index in [4.69, 9.17) is 5.11 Å². The molecule has 0 aromatic carbocycles. The van der Waals surface area contributed by atoms with Crippen LogP contribution in [0.25, 0.3) is 0 Å². The van der Waals surface area contributed by atoms with E-state index in [1.807, 2.05) is 16.9 Å². The normalized spacial score (nSPS) is 11.1. The van der Waals surface area contributed by atoms with Gasteiger partial charge in [-0.25, -0.2) is 0 Å². The maximum absolute atomic E-state index is 11.8. The van der Waals surface area contributed by atoms with Crippen LogP contribution in [0.5, 0.6) is 0 Å². The van der Waals surface area contributed by atoms with Crippen LogP contribution >= 0.6 is 19.8 Å². The maximum atomic E-state index is 11.8. The molecule has 0 atom stereocenters. The number of likely N-dealkylation sites (N-methyl/N-ethyl adjacent to an activating group) is 1. The molecule has 0 saturated heterocycles. The summed E-state index contributed by atoms with van der Waals surface area (Å²) in [5, 5.41) is 11.5. The van der Waals surface area contributed by atoms with Gasteiger partial charge in [0.2, 0.25) is 0 Å². The summed E-state index contributed by atoms with van der Waals surface area (Å²) in [6.07, 6.45) is 0.666. The van der Waals surface area contributed by atoms with Crippen LogP contribution in [0.15, 0.2) is 0 Å². The van der Waals surface area contributed by atoms with Gasteiger partial charge in [0.15, 0.2) is 0 Å². The van der Waals surface area contributed by atoms with Crippen molar-refractivity contribution in [2.45, 2.75) is 12.8 Å². The Morgan fingerprint density at radius 2 is 1.94 bits per heavy atom. The SMILES string of the molecule is CNCCN(CCCC(=O)O)C(=O)I(C)C. The van der Waals surface area contributed by atoms with Gasteiger partial charge in [-0.3, -0.25) is 0 Å². The number of carbonyl (C=O) groups is 2. The third-order valence-electron chi connectivity index (χ3n) is 2.02. The van der Waals surface area contributed by atoms with Crippen molar-refractivity contribution in [2.24, 2.45) is 0 Å². The second kappa shape index (κ2) is 8.74. The van der Waals surface area contributed by atoms with Gasteiger partial charge in [0.25, 0.3) is 0 Å². The van der Waals surface area contributed by atoms with Gasteiger partial charge < -0.3 is 0 Å². The van der Waals surface area contributed by atoms with Crippen molar-refractivity contribution in [2.75, 3.05) is 36.5 Å². The van der Waals surface area contributed by atoms with Gasteiger partial charge in [-0.1, -0.05) is 0 Å². The van der Waals surface area contributed by atoms with Crippen LogP contribution in [0.4, 0.5) is 4.79 Å². The minimum absolute atomic E-state index is 0.130. The van der Waals surface area contributed by atoms with E-state index in [1.165, 1.54) is 0 Å². The average molecular weight is 344 g/mol. The molecule has 0 aromatic rings. The Labute approximate surface area is 104 Å². The van der Waals surface area contributed by atoms with Gasteiger partial charge in [-0.2, -0.15) is 0 Å². The van der Waals surface area contributed by atoms with Crippen molar-refractivity contribution >= 4 is 29.7 Å². The number of amides is 1. The van der Waals surface area contributed by atoms with Crippen LogP contribution in [0.2, 0.25) is 0 Å². The number of hydrogen-bond acceptors (Lipinski definition) is 3. The van der Waals surface area contributed by atoms with Crippen molar-refractivity contribution < 1.29 is 14.7 Å². The zero-order valence-electron chi connectivity index (χ0n) is 10.1. The predicted molar refractivity (Wildman–Crippen MR) is 73.6 cm³/mol. The fraction of sp³-hybridized carbons (Fsp3) is 0.800. The van der Waals surface area contributed by atoms with E-state index in [0.717, 1.165) is 6.54 Å². The number of carboxylic acids is 1. The summed E-state index contributed by atoms with van der Waals surface area (Å²) in [6, 6.07) is 0. The molecule has 5 nitrogen and oxygen atoms in total. The molecular weight excluding hydrogens is 323 g/mol. The van der Waals surface area contributed by atoms with Crippen LogP contribution in [0, 0.1) is 0 Å². The molecule has 0 unspecified atom stereocenters. The van der Waals surface area contributed by atoms with Gasteiger partial charge in [0.05, 0.1) is 0 Å². The third-order valence-corrected chi connectivity index (χ3v) is 4.55. The molecule has 0 rings (SSSR count). The summed E-state index contributed by atoms with van der Waals surface area (Å²) < 4.78 is 0.241. The predicted octanol–water partition coefficient (Wildman–Crippen LogP) is 1.26. The van der Waals surface area contributed by atoms with E-state index in [-0.39, 0.29) is 10.3 Å². The number of nitrogens with one attached hydrogen (secondary N) is 1. The number of carboxylic acid groups (broad SMARTS) is 1. The van der Waals surface area contributed by atoms with Gasteiger partial charge in [0, 0.05) is 0 Å². The average Bonchev–Trinajstić information content (AvgIpc) is 2.21. The fourth-order valence-electron chi connectivity index (χ4n) is 1.19. The summed E-state index contributed by atoms with van der Waals surface area (Å²) in [5.74, 6) is -0.802. The number of rotatable bonds is 8. The first-order valence-corrected chi connectivity index (χ1v) is 10.5. The van der Waals surface area contributed by atoms with E-state index in [2.05, 4.69) is 5.32 Å². The molecule has 0 saturated carbocycles. The van der Waals surface area contributed by atoms with E-state index < -0.39 is 25.8 Å². The van der Waals surface area contributed by atoms with Gasteiger partial charge in [0.1, 0.15) is 0 Å². The second-order valence-electron chi connectivity index (χ2n) is 3.60. The quantitative estimate of drug-likeness (QED) is 0.301. The van der Waals surface area contributed by atoms with Gasteiger partial charge >= 0.3 is 104 Å². The molecule has 0 heterocycles. The molecule has 0 radical (unpaired) electrons. The molecule has 0 aromatic heterocycles. The molecule has 0 aliphatic rings. The van der Waals surface area contributed by atoms with Gasteiger partial charge in [-0.05, 0) is 0 Å². The van der Waals surface area contributed by atoms with E-state index in [9.17, 15) is 9.59 Å². The standard InChI is InChI=1S/C10H21IN2O3/c1-11(2)10(16)13(8-6-12-3)7-4-5-9(14)15/h12H,4-8H2,1-3H3,(H,14,15). The molecule has 6 heteroatoms. The van der Waals surface area contributed by atoms with Crippen LogP contribution < -0.4 is 5.32 Å². The molecule has 0 aliphatic carbocycles. The van der Waals surface area contributed by atoms with Crippen molar-refractivity contribution in [1.82, 2.24) is 10.2 Å². The van der Waals surface area contributed by atoms with E-state index in [0.29, 0.717) is 19.5 Å². The first kappa shape index (κ1) is 15.6. The third kappa shape index (κ3) is 7.00. The number of hydrogen-bond donors (Lipinski definition) is 2. The summed E-state index contributed by atoms with van der Waals surface area (Å²) in [5.41, 5.74) is 0. The second-order valence-corrected chi connectivity index (χ2v) is 8.83. The molecule has 2 N–H and O–H groups in total. The van der Waals surface area contributed by atoms with E-state index >= 15 is 0 Å². The topological polar surface area (TPSA) is 69.6 Å². The first-order valence-electron chi connectivity index (χ1n) is 5.14. The Hall–Kier alpha value is -0.370. The monoisotopic (exact) mass is 344 g/mol. The van der Waals surface area contributed by atoms with E-state index in [1.54, 1.807) is 4.90 Å². The first-order chi connectivity index (χ1) is 7.49. The molecule has 0 aliphatic heterocycles. The zero-order chi connectivity index (χ0) is 12.6. The molecule has 16 heavy (non-hydrogen) atoms. The van der Waals surface area contributed by atoms with Crippen molar-refractivity contribution in [3.8, 4) is 0 Å². The molecular formula is C10H21IN2O3. The van der Waals surface area contributed by atoms with Crippen LogP contribution in [-0.4, -0.2) is 56.4 Å². The Balaban J connectivity index is 4.09. The molecule has 0 bridgehead atoms. The van der Waals surface area contributed by atoms with Crippen molar-refractivity contribution in [3.05, 3.63) is 0 Å². The Morgan fingerprint density at radius 3 is 2.38 bits per heavy atom. The summed E-state index contributed by atoms with van der Waals surface area (Å²) in [6.45, 7) is 1.98. The van der Waals surface area contributed by atoms with Crippen LogP contribution in [0.1, 0.15) is 12.8 Å². The Bertz CT molecular complexity index is 234. The molecule has 0 fully saturated rings. The number of alkyl halides is 2. The summed E-state index contributed by atoms with van der Waals surface area (Å²) in [7, 11) is 1.84. The zero-order valence-corrected chi connectivity index (χ0v) is 12.3. The fourth-order valence-corrected chi connectivity index (χ4v) is 3.04. The Morgan fingerprint density at radius 1 is 1.31 bits per heavy atom. The number of carbonyl (C=O) groups excluding carboxylic acids is 1. The molecule has 0 spiro atoms. The Kier molecular flexibility index (Phi) is 8.54. The molecule has 1 amide bonds.